The summed E-state index contributed by atoms with van der Waals surface area (Å²) in [6.45, 7) is 9.40. The highest BCUT2D eigenvalue weighted by atomic mass is 16.5. The first-order valence-corrected chi connectivity index (χ1v) is 28.0. The van der Waals surface area contributed by atoms with Gasteiger partial charge < -0.3 is 9.47 Å². The highest BCUT2D eigenvalue weighted by Gasteiger charge is 2.38. The average Bonchev–Trinajstić information content (AvgIpc) is 3.54. The van der Waals surface area contributed by atoms with E-state index in [1.165, 1.54) is 143 Å². The summed E-state index contributed by atoms with van der Waals surface area (Å²) in [6.07, 6.45) is 0. The van der Waals surface area contributed by atoms with E-state index in [1.54, 1.807) is 0 Å². The maximum absolute atomic E-state index is 6.85. The summed E-state index contributed by atoms with van der Waals surface area (Å²) in [4.78, 5) is 0. The monoisotopic (exact) mass is 1020 g/mol. The van der Waals surface area contributed by atoms with Crippen molar-refractivity contribution in [3.05, 3.63) is 277 Å². The van der Waals surface area contributed by atoms with Gasteiger partial charge in [0.25, 0.3) is 0 Å². The van der Waals surface area contributed by atoms with E-state index in [0.29, 0.717) is 0 Å². The summed E-state index contributed by atoms with van der Waals surface area (Å²) in [5.74, 6) is 3.61. The van der Waals surface area contributed by atoms with E-state index >= 15 is 0 Å². The summed E-state index contributed by atoms with van der Waals surface area (Å²) in [5.41, 5.74) is 15.9. The molecule has 0 saturated heterocycles. The minimum atomic E-state index is -0.358. The molecule has 0 unspecified atom stereocenters. The zero-order valence-electron chi connectivity index (χ0n) is 45.1. The van der Waals surface area contributed by atoms with Crippen molar-refractivity contribution in [2.75, 3.05) is 0 Å². The smallest absolute Gasteiger partial charge is 0.132 e. The molecule has 0 radical (unpaired) electrons. The summed E-state index contributed by atoms with van der Waals surface area (Å²) < 4.78 is 13.7. The van der Waals surface area contributed by atoms with Crippen molar-refractivity contribution < 1.29 is 9.47 Å². The zero-order valence-corrected chi connectivity index (χ0v) is 45.1. The molecule has 2 nitrogen and oxygen atoms in total. The van der Waals surface area contributed by atoms with Gasteiger partial charge in [-0.2, -0.15) is 0 Å². The van der Waals surface area contributed by atoms with E-state index in [-0.39, 0.29) is 10.8 Å². The van der Waals surface area contributed by atoms with Gasteiger partial charge in [0, 0.05) is 33.1 Å². The van der Waals surface area contributed by atoms with Crippen LogP contribution in [-0.4, -0.2) is 0 Å². The normalized spacial score (nSPS) is 13.9. The molecular weight excluding hydrogens is 969 g/mol. The van der Waals surface area contributed by atoms with E-state index < -0.39 is 0 Å². The Morgan fingerprint density at radius 1 is 0.237 bits per heavy atom. The van der Waals surface area contributed by atoms with Gasteiger partial charge in [0.05, 0.1) is 0 Å². The Hall–Kier alpha value is -9.76. The van der Waals surface area contributed by atoms with Gasteiger partial charge in [-0.05, 0) is 169 Å². The van der Waals surface area contributed by atoms with Crippen LogP contribution in [0.3, 0.4) is 0 Å². The van der Waals surface area contributed by atoms with Crippen molar-refractivity contribution in [2.24, 2.45) is 0 Å². The molecule has 0 aromatic heterocycles. The highest BCUT2D eigenvalue weighted by molar-refractivity contribution is 6.28. The maximum atomic E-state index is 6.85. The Balaban J connectivity index is 1.06. The van der Waals surface area contributed by atoms with Crippen LogP contribution in [0.25, 0.3) is 120 Å². The zero-order chi connectivity index (χ0) is 53.4. The predicted octanol–water partition coefficient (Wildman–Crippen LogP) is 21.8. The molecule has 0 fully saturated rings. The molecule has 0 aliphatic carbocycles. The number of rotatable bonds is 5. The van der Waals surface area contributed by atoms with Crippen LogP contribution in [0.2, 0.25) is 0 Å². The number of hydrogen-bond donors (Lipinski definition) is 0. The summed E-state index contributed by atoms with van der Waals surface area (Å²) >= 11 is 0. The van der Waals surface area contributed by atoms with E-state index in [4.69, 9.17) is 9.47 Å². The van der Waals surface area contributed by atoms with Gasteiger partial charge >= 0.3 is 0 Å². The van der Waals surface area contributed by atoms with Gasteiger partial charge in [-0.25, -0.2) is 0 Å². The Labute approximate surface area is 465 Å². The van der Waals surface area contributed by atoms with Crippen LogP contribution < -0.4 is 9.47 Å². The van der Waals surface area contributed by atoms with Crippen LogP contribution in [0.4, 0.5) is 0 Å². The quantitative estimate of drug-likeness (QED) is 0.160. The SMILES string of the molecule is CC1(C)c2ccccc2Oc2cccc(-c3cccc4c(-c5c6cccc(-c7ccc8ccccc8c7)c6cc6c(-c7ccc8ccccc8c7)cccc56)c5cccc(-c6cccc7c6C(C)(C)c6ccccc6O7)c5cc34)c21. The fourth-order valence-electron chi connectivity index (χ4n) is 14.2. The van der Waals surface area contributed by atoms with Crippen molar-refractivity contribution in [1.82, 2.24) is 0 Å². The molecular formula is C78H54O2. The molecule has 14 aromatic rings. The molecule has 0 amide bonds. The second kappa shape index (κ2) is 17.4. The molecule has 14 aromatic carbocycles. The number of para-hydroxylation sites is 2. The Bertz CT molecular complexity index is 4650. The average molecular weight is 1020 g/mol. The lowest BCUT2D eigenvalue weighted by Crippen LogP contribution is -2.25. The third-order valence-corrected chi connectivity index (χ3v) is 17.9. The number of ether oxygens (including phenoxy) is 2. The molecule has 0 N–H and O–H groups in total. The molecule has 2 aliphatic heterocycles. The first-order chi connectivity index (χ1) is 39.2. The van der Waals surface area contributed by atoms with Crippen LogP contribution in [0.15, 0.2) is 255 Å². The van der Waals surface area contributed by atoms with Crippen molar-refractivity contribution in [3.63, 3.8) is 0 Å². The lowest BCUT2D eigenvalue weighted by molar-refractivity contribution is 0.418. The molecule has 0 saturated carbocycles. The standard InChI is InChI=1S/C78H54O2/c1-77(2)67-33-9-11-35-69(67)79-71-37-17-31-61(75(71)77)55-25-15-29-59-65(55)46-66-56(62-32-18-38-72-76(62)78(3,4)68-34-10-12-36-70(68)80-72)26-16-30-60(66)74(59)73-57-27-13-23-53(51-41-39-47-19-5-7-21-49(47)43-51)63(57)45-64-54(24-14-28-58(64)73)52-42-40-48-20-6-8-22-50(48)44-52/h5-46H,1-4H3. The summed E-state index contributed by atoms with van der Waals surface area (Å²) in [5, 5.41) is 14.5. The Morgan fingerprint density at radius 3 is 0.988 bits per heavy atom. The number of benzene rings is 14. The molecule has 0 bridgehead atoms. The van der Waals surface area contributed by atoms with Gasteiger partial charge in [0.1, 0.15) is 23.0 Å². The van der Waals surface area contributed by atoms with E-state index in [0.717, 1.165) is 23.0 Å². The highest BCUT2D eigenvalue weighted by Crippen LogP contribution is 2.56. The molecule has 0 atom stereocenters. The number of fused-ring (bicyclic) bond motifs is 10. The first kappa shape index (κ1) is 46.3. The van der Waals surface area contributed by atoms with Crippen molar-refractivity contribution in [3.8, 4) is 78.6 Å². The summed E-state index contributed by atoms with van der Waals surface area (Å²) in [6, 6.07) is 94.4. The lowest BCUT2D eigenvalue weighted by Gasteiger charge is -2.36. The van der Waals surface area contributed by atoms with Crippen LogP contribution in [0, 0.1) is 0 Å². The topological polar surface area (TPSA) is 18.5 Å². The maximum Gasteiger partial charge on any atom is 0.132 e. The Kier molecular flexibility index (Phi) is 10.1. The third-order valence-electron chi connectivity index (χ3n) is 17.9. The van der Waals surface area contributed by atoms with Gasteiger partial charge in [-0.3, -0.25) is 0 Å². The largest absolute Gasteiger partial charge is 0.457 e. The molecule has 80 heavy (non-hydrogen) atoms. The fourth-order valence-corrected chi connectivity index (χ4v) is 14.2. The second-order valence-electron chi connectivity index (χ2n) is 23.0. The number of hydrogen-bond acceptors (Lipinski definition) is 2. The van der Waals surface area contributed by atoms with Gasteiger partial charge in [0.15, 0.2) is 0 Å². The first-order valence-electron chi connectivity index (χ1n) is 28.0. The van der Waals surface area contributed by atoms with Crippen molar-refractivity contribution >= 4 is 64.6 Å². The molecule has 16 rings (SSSR count). The minimum Gasteiger partial charge on any atom is -0.457 e. The minimum absolute atomic E-state index is 0.358. The van der Waals surface area contributed by atoms with Crippen LogP contribution in [0.1, 0.15) is 49.9 Å². The van der Waals surface area contributed by atoms with Crippen molar-refractivity contribution in [2.45, 2.75) is 38.5 Å². The van der Waals surface area contributed by atoms with Gasteiger partial charge in [-0.15, -0.1) is 0 Å². The molecule has 2 heterocycles. The molecule has 378 valence electrons. The second-order valence-corrected chi connectivity index (χ2v) is 23.0. The van der Waals surface area contributed by atoms with Crippen LogP contribution >= 0.6 is 0 Å². The third kappa shape index (κ3) is 6.85. The van der Waals surface area contributed by atoms with E-state index in [2.05, 4.69) is 282 Å². The predicted molar refractivity (Wildman–Crippen MR) is 336 cm³/mol. The van der Waals surface area contributed by atoms with E-state index in [9.17, 15) is 0 Å². The van der Waals surface area contributed by atoms with E-state index in [1.807, 2.05) is 0 Å². The lowest BCUT2D eigenvalue weighted by atomic mass is 9.72. The molecule has 0 spiro atoms. The van der Waals surface area contributed by atoms with Crippen LogP contribution in [-0.2, 0) is 10.8 Å². The van der Waals surface area contributed by atoms with Crippen molar-refractivity contribution in [1.29, 1.82) is 0 Å². The molecule has 2 heteroatoms. The van der Waals surface area contributed by atoms with Gasteiger partial charge in [0.2, 0.25) is 0 Å². The summed E-state index contributed by atoms with van der Waals surface area (Å²) in [7, 11) is 0. The Morgan fingerprint density at radius 2 is 0.562 bits per heavy atom. The fraction of sp³-hybridized carbons (Fsp3) is 0.0769. The van der Waals surface area contributed by atoms with Crippen LogP contribution in [0.5, 0.6) is 23.0 Å². The van der Waals surface area contributed by atoms with Gasteiger partial charge in [-0.1, -0.05) is 234 Å². The molecule has 2 aliphatic rings.